The number of guanidine groups is 1. The average molecular weight is 531 g/mol. The van der Waals surface area contributed by atoms with Gasteiger partial charge in [-0.05, 0) is 44.4 Å². The van der Waals surface area contributed by atoms with Gasteiger partial charge in [0.05, 0.1) is 24.6 Å². The van der Waals surface area contributed by atoms with Crippen LogP contribution in [0.5, 0.6) is 0 Å². The molecule has 0 aromatic heterocycles. The Morgan fingerprint density at radius 1 is 1.28 bits per heavy atom. The molecule has 1 N–H and O–H groups in total. The van der Waals surface area contributed by atoms with Crippen molar-refractivity contribution in [2.45, 2.75) is 39.4 Å². The smallest absolute Gasteiger partial charge is 0.416 e. The number of benzene rings is 1. The van der Waals surface area contributed by atoms with Gasteiger partial charge in [-0.1, -0.05) is 6.07 Å². The van der Waals surface area contributed by atoms with E-state index in [-0.39, 0.29) is 48.0 Å². The van der Waals surface area contributed by atoms with E-state index < -0.39 is 17.6 Å². The molecule has 0 atom stereocenters. The van der Waals surface area contributed by atoms with Crippen molar-refractivity contribution in [2.75, 3.05) is 26.2 Å². The van der Waals surface area contributed by atoms with Crippen molar-refractivity contribution in [1.82, 2.24) is 10.2 Å². The Balaban J connectivity index is 0.00000420. The van der Waals surface area contributed by atoms with Gasteiger partial charge in [-0.3, -0.25) is 4.79 Å². The normalized spacial score (nSPS) is 15.7. The molecule has 5 nitrogen and oxygen atoms in total. The summed E-state index contributed by atoms with van der Waals surface area (Å²) < 4.78 is 57.8. The minimum atomic E-state index is -4.65. The number of carbonyl (C=O) groups excluding carboxylic acids is 1. The number of nitrogens with one attached hydrogen (secondary N) is 1. The number of aliphatic imine (C=N–C) groups is 1. The number of hydrogen-bond donors (Lipinski definition) is 1. The van der Waals surface area contributed by atoms with Crippen molar-refractivity contribution in [3.8, 4) is 0 Å². The molecule has 1 aliphatic rings. The van der Waals surface area contributed by atoms with Gasteiger partial charge in [-0.25, -0.2) is 9.38 Å². The number of carbonyl (C=O) groups is 1. The zero-order valence-electron chi connectivity index (χ0n) is 16.4. The number of ether oxygens (including phenoxy) is 1. The van der Waals surface area contributed by atoms with Crippen LogP contribution in [0.3, 0.4) is 0 Å². The van der Waals surface area contributed by atoms with Gasteiger partial charge in [0.2, 0.25) is 0 Å². The first-order chi connectivity index (χ1) is 13.3. The summed E-state index contributed by atoms with van der Waals surface area (Å²) in [5.74, 6) is -0.853. The van der Waals surface area contributed by atoms with Gasteiger partial charge >= 0.3 is 12.1 Å². The molecular formula is C19H26F4IN3O2. The standard InChI is InChI=1S/C19H25F4N3O2.HI/c1-3-24-18(26-9-7-13(8-10-26)17(27)28-4-2)25-12-14-5-6-15(20)11-16(14)19(21,22)23;/h5-6,11,13H,3-4,7-10,12H2,1-2H3,(H,24,25);1H. The fraction of sp³-hybridized carbons (Fsp3) is 0.579. The zero-order chi connectivity index (χ0) is 20.7. The monoisotopic (exact) mass is 531 g/mol. The summed E-state index contributed by atoms with van der Waals surface area (Å²) in [4.78, 5) is 18.1. The van der Waals surface area contributed by atoms with E-state index in [1.165, 1.54) is 0 Å². The highest BCUT2D eigenvalue weighted by Gasteiger charge is 2.34. The second-order valence-corrected chi connectivity index (χ2v) is 6.48. The topological polar surface area (TPSA) is 53.9 Å². The summed E-state index contributed by atoms with van der Waals surface area (Å²) in [6.45, 7) is 5.37. The molecule has 0 radical (unpaired) electrons. The molecule has 29 heavy (non-hydrogen) atoms. The lowest BCUT2D eigenvalue weighted by Gasteiger charge is -2.33. The van der Waals surface area contributed by atoms with Gasteiger partial charge in [0.15, 0.2) is 5.96 Å². The van der Waals surface area contributed by atoms with Crippen LogP contribution in [0.4, 0.5) is 17.6 Å². The number of nitrogens with zero attached hydrogens (tertiary/aromatic N) is 2. The van der Waals surface area contributed by atoms with Crippen LogP contribution in [0.15, 0.2) is 23.2 Å². The first-order valence-corrected chi connectivity index (χ1v) is 9.31. The lowest BCUT2D eigenvalue weighted by atomic mass is 9.97. The quantitative estimate of drug-likeness (QED) is 0.204. The molecule has 1 aromatic carbocycles. The van der Waals surface area contributed by atoms with Crippen LogP contribution in [-0.2, 0) is 22.3 Å². The van der Waals surface area contributed by atoms with Crippen LogP contribution in [0.1, 0.15) is 37.8 Å². The first-order valence-electron chi connectivity index (χ1n) is 9.31. The number of piperidine rings is 1. The van der Waals surface area contributed by atoms with Crippen molar-refractivity contribution in [3.05, 3.63) is 35.1 Å². The molecule has 1 heterocycles. The van der Waals surface area contributed by atoms with Crippen LogP contribution in [0.2, 0.25) is 0 Å². The second kappa shape index (κ2) is 11.6. The fourth-order valence-corrected chi connectivity index (χ4v) is 3.12. The van der Waals surface area contributed by atoms with Gasteiger partial charge in [-0.2, -0.15) is 13.2 Å². The van der Waals surface area contributed by atoms with Crippen molar-refractivity contribution in [2.24, 2.45) is 10.9 Å². The Bertz CT molecular complexity index is 705. The summed E-state index contributed by atoms with van der Waals surface area (Å²) in [5, 5.41) is 3.07. The van der Waals surface area contributed by atoms with E-state index in [0.29, 0.717) is 51.1 Å². The molecule has 2 rings (SSSR count). The Morgan fingerprint density at radius 2 is 1.93 bits per heavy atom. The molecule has 1 fully saturated rings. The van der Waals surface area contributed by atoms with Crippen molar-refractivity contribution in [3.63, 3.8) is 0 Å². The Hall–Kier alpha value is -1.59. The molecule has 0 unspecified atom stereocenters. The molecule has 1 aliphatic heterocycles. The van der Waals surface area contributed by atoms with Crippen LogP contribution in [0.25, 0.3) is 0 Å². The van der Waals surface area contributed by atoms with Crippen LogP contribution < -0.4 is 5.32 Å². The molecule has 0 bridgehead atoms. The molecule has 164 valence electrons. The third-order valence-corrected chi connectivity index (χ3v) is 4.53. The van der Waals surface area contributed by atoms with E-state index >= 15 is 0 Å². The predicted octanol–water partition coefficient (Wildman–Crippen LogP) is 4.20. The van der Waals surface area contributed by atoms with Gasteiger partial charge < -0.3 is 15.0 Å². The SMILES string of the molecule is CCNC(=NCc1ccc(F)cc1C(F)(F)F)N1CCC(C(=O)OCC)CC1.I. The third kappa shape index (κ3) is 7.31. The average Bonchev–Trinajstić information content (AvgIpc) is 2.65. The molecule has 0 aliphatic carbocycles. The highest BCUT2D eigenvalue weighted by Crippen LogP contribution is 2.33. The highest BCUT2D eigenvalue weighted by atomic mass is 127. The maximum absolute atomic E-state index is 13.3. The lowest BCUT2D eigenvalue weighted by molar-refractivity contribution is -0.149. The van der Waals surface area contributed by atoms with E-state index in [0.717, 1.165) is 12.1 Å². The third-order valence-electron chi connectivity index (χ3n) is 4.53. The zero-order valence-corrected chi connectivity index (χ0v) is 18.7. The van der Waals surface area contributed by atoms with Gasteiger partial charge in [0.25, 0.3) is 0 Å². The Kier molecular flexibility index (Phi) is 10.1. The number of esters is 1. The van der Waals surface area contributed by atoms with Gasteiger partial charge in [-0.15, -0.1) is 24.0 Å². The Morgan fingerprint density at radius 3 is 2.48 bits per heavy atom. The predicted molar refractivity (Wildman–Crippen MR) is 113 cm³/mol. The molecule has 0 saturated carbocycles. The van der Waals surface area contributed by atoms with E-state index in [2.05, 4.69) is 10.3 Å². The maximum atomic E-state index is 13.3. The molecule has 0 amide bonds. The summed E-state index contributed by atoms with van der Waals surface area (Å²) in [7, 11) is 0. The summed E-state index contributed by atoms with van der Waals surface area (Å²) in [5.41, 5.74) is -1.11. The molecule has 1 saturated heterocycles. The van der Waals surface area contributed by atoms with E-state index in [9.17, 15) is 22.4 Å². The first kappa shape index (κ1) is 25.4. The van der Waals surface area contributed by atoms with Crippen molar-refractivity contribution in [1.29, 1.82) is 0 Å². The molecule has 0 spiro atoms. The minimum Gasteiger partial charge on any atom is -0.466 e. The lowest BCUT2D eigenvalue weighted by Crippen LogP contribution is -2.46. The van der Waals surface area contributed by atoms with Gasteiger partial charge in [0, 0.05) is 19.6 Å². The Labute approximate surface area is 184 Å². The minimum absolute atomic E-state index is 0. The highest BCUT2D eigenvalue weighted by molar-refractivity contribution is 14.0. The second-order valence-electron chi connectivity index (χ2n) is 6.48. The van der Waals surface area contributed by atoms with Gasteiger partial charge in [0.1, 0.15) is 5.82 Å². The van der Waals surface area contributed by atoms with E-state index in [1.807, 2.05) is 11.8 Å². The van der Waals surface area contributed by atoms with Crippen LogP contribution in [-0.4, -0.2) is 43.1 Å². The van der Waals surface area contributed by atoms with E-state index in [1.54, 1.807) is 6.92 Å². The van der Waals surface area contributed by atoms with Crippen LogP contribution in [0, 0.1) is 11.7 Å². The number of halogens is 5. The van der Waals surface area contributed by atoms with E-state index in [4.69, 9.17) is 4.74 Å². The summed E-state index contributed by atoms with van der Waals surface area (Å²) in [6.07, 6.45) is -3.47. The molecule has 1 aromatic rings. The maximum Gasteiger partial charge on any atom is 0.416 e. The molecular weight excluding hydrogens is 505 g/mol. The number of likely N-dealkylation sites (tertiary alicyclic amines) is 1. The largest absolute Gasteiger partial charge is 0.466 e. The fourth-order valence-electron chi connectivity index (χ4n) is 3.12. The van der Waals surface area contributed by atoms with Crippen molar-refractivity contribution >= 4 is 35.9 Å². The molecule has 10 heteroatoms. The number of alkyl halides is 3. The summed E-state index contributed by atoms with van der Waals surface area (Å²) >= 11 is 0. The summed E-state index contributed by atoms with van der Waals surface area (Å²) in [6, 6.07) is 2.60. The number of rotatable bonds is 5. The van der Waals surface area contributed by atoms with Crippen molar-refractivity contribution < 1.29 is 27.1 Å². The van der Waals surface area contributed by atoms with Crippen LogP contribution >= 0.6 is 24.0 Å². The number of hydrogen-bond acceptors (Lipinski definition) is 3.